The van der Waals surface area contributed by atoms with Crippen molar-refractivity contribution in [3.63, 3.8) is 0 Å². The average molecular weight is 203 g/mol. The van der Waals surface area contributed by atoms with Gasteiger partial charge in [0.05, 0.1) is 6.20 Å². The van der Waals surface area contributed by atoms with E-state index in [1.807, 2.05) is 13.0 Å². The molecule has 0 radical (unpaired) electrons. The lowest BCUT2D eigenvalue weighted by Gasteiger charge is -2.05. The second kappa shape index (κ2) is 3.65. The van der Waals surface area contributed by atoms with Gasteiger partial charge in [0.25, 0.3) is 0 Å². The Balaban J connectivity index is 2.54. The van der Waals surface area contributed by atoms with Gasteiger partial charge in [0.15, 0.2) is 0 Å². The molecule has 76 valence electrons. The van der Waals surface area contributed by atoms with Crippen molar-refractivity contribution < 1.29 is 4.39 Å². The molecule has 2 rings (SSSR count). The van der Waals surface area contributed by atoms with Crippen molar-refractivity contribution in [1.29, 1.82) is 0 Å². The number of halogens is 1. The topological polar surface area (TPSA) is 51.8 Å². The monoisotopic (exact) mass is 203 g/mol. The molecule has 4 heteroatoms. The van der Waals surface area contributed by atoms with Crippen LogP contribution in [0.5, 0.6) is 0 Å². The van der Waals surface area contributed by atoms with Crippen LogP contribution < -0.4 is 5.73 Å². The third-order valence-electron chi connectivity index (χ3n) is 2.12. The molecule has 0 saturated carbocycles. The number of aromatic nitrogens is 2. The van der Waals surface area contributed by atoms with Gasteiger partial charge in [0.1, 0.15) is 11.6 Å². The van der Waals surface area contributed by atoms with Gasteiger partial charge < -0.3 is 5.73 Å². The maximum absolute atomic E-state index is 13.0. The third-order valence-corrected chi connectivity index (χ3v) is 2.12. The molecule has 2 heterocycles. The molecule has 0 aromatic carbocycles. The summed E-state index contributed by atoms with van der Waals surface area (Å²) in [5.41, 5.74) is 7.85. The second-order valence-electron chi connectivity index (χ2n) is 3.26. The smallest absolute Gasteiger partial charge is 0.142 e. The van der Waals surface area contributed by atoms with E-state index in [4.69, 9.17) is 5.73 Å². The minimum atomic E-state index is -0.358. The molecule has 0 unspecified atom stereocenters. The number of nitrogens with two attached hydrogens (primary N) is 1. The molecule has 0 aliphatic rings. The Bertz CT molecular complexity index is 497. The van der Waals surface area contributed by atoms with Gasteiger partial charge in [-0.05, 0) is 25.1 Å². The first-order chi connectivity index (χ1) is 7.16. The lowest BCUT2D eigenvalue weighted by atomic mass is 10.1. The Kier molecular flexibility index (Phi) is 2.33. The first-order valence-electron chi connectivity index (χ1n) is 4.51. The van der Waals surface area contributed by atoms with E-state index in [1.54, 1.807) is 12.3 Å². The van der Waals surface area contributed by atoms with Crippen LogP contribution in [0, 0.1) is 12.7 Å². The van der Waals surface area contributed by atoms with Crippen LogP contribution in [-0.4, -0.2) is 9.97 Å². The van der Waals surface area contributed by atoms with Crippen LogP contribution in [0.25, 0.3) is 11.1 Å². The fraction of sp³-hybridized carbons (Fsp3) is 0.0909. The van der Waals surface area contributed by atoms with E-state index in [9.17, 15) is 4.39 Å². The molecule has 0 aliphatic carbocycles. The molecule has 2 N–H and O–H groups in total. The van der Waals surface area contributed by atoms with Crippen molar-refractivity contribution in [2.45, 2.75) is 6.92 Å². The van der Waals surface area contributed by atoms with E-state index < -0.39 is 0 Å². The molecule has 0 atom stereocenters. The van der Waals surface area contributed by atoms with Crippen molar-refractivity contribution in [2.75, 3.05) is 5.73 Å². The number of hydrogen-bond acceptors (Lipinski definition) is 3. The van der Waals surface area contributed by atoms with Crippen molar-refractivity contribution in [3.05, 3.63) is 42.1 Å². The highest BCUT2D eigenvalue weighted by Crippen LogP contribution is 2.22. The fourth-order valence-electron chi connectivity index (χ4n) is 1.44. The molecule has 15 heavy (non-hydrogen) atoms. The van der Waals surface area contributed by atoms with Crippen molar-refractivity contribution in [1.82, 2.24) is 9.97 Å². The van der Waals surface area contributed by atoms with E-state index in [-0.39, 0.29) is 5.82 Å². The van der Waals surface area contributed by atoms with Crippen LogP contribution in [0.3, 0.4) is 0 Å². The number of nitrogens with zero attached hydrogens (tertiary/aromatic N) is 2. The van der Waals surface area contributed by atoms with Crippen molar-refractivity contribution >= 4 is 5.82 Å². The van der Waals surface area contributed by atoms with Gasteiger partial charge >= 0.3 is 0 Å². The number of aryl methyl sites for hydroxylation is 1. The van der Waals surface area contributed by atoms with E-state index in [0.29, 0.717) is 11.4 Å². The van der Waals surface area contributed by atoms with Crippen LogP contribution >= 0.6 is 0 Å². The summed E-state index contributed by atoms with van der Waals surface area (Å²) in [5.74, 6) is 0.101. The summed E-state index contributed by atoms with van der Waals surface area (Å²) in [6.45, 7) is 1.83. The zero-order valence-electron chi connectivity index (χ0n) is 8.24. The molecule has 0 bridgehead atoms. The van der Waals surface area contributed by atoms with Crippen LogP contribution in [0.4, 0.5) is 10.2 Å². The fourth-order valence-corrected chi connectivity index (χ4v) is 1.44. The molecule has 0 spiro atoms. The molecule has 2 aromatic heterocycles. The van der Waals surface area contributed by atoms with Crippen molar-refractivity contribution in [3.8, 4) is 11.1 Å². The van der Waals surface area contributed by atoms with E-state index >= 15 is 0 Å². The molecule has 0 amide bonds. The highest BCUT2D eigenvalue weighted by atomic mass is 19.1. The predicted octanol–water partition coefficient (Wildman–Crippen LogP) is 2.17. The Morgan fingerprint density at radius 1 is 1.27 bits per heavy atom. The zero-order valence-corrected chi connectivity index (χ0v) is 8.24. The largest absolute Gasteiger partial charge is 0.384 e. The van der Waals surface area contributed by atoms with Gasteiger partial charge in [0, 0.05) is 23.0 Å². The summed E-state index contributed by atoms with van der Waals surface area (Å²) in [6, 6.07) is 4.93. The van der Waals surface area contributed by atoms with Crippen LogP contribution in [0.2, 0.25) is 0 Å². The Labute approximate surface area is 86.8 Å². The average Bonchev–Trinajstić information content (AvgIpc) is 2.17. The second-order valence-corrected chi connectivity index (χ2v) is 3.26. The SMILES string of the molecule is Cc1nc(N)ccc1-c1cncc(F)c1. The minimum Gasteiger partial charge on any atom is -0.384 e. The Hall–Kier alpha value is -1.97. The number of pyridine rings is 2. The van der Waals surface area contributed by atoms with E-state index in [1.165, 1.54) is 12.3 Å². The minimum absolute atomic E-state index is 0.358. The predicted molar refractivity (Wildman–Crippen MR) is 56.6 cm³/mol. The zero-order chi connectivity index (χ0) is 10.8. The highest BCUT2D eigenvalue weighted by Gasteiger charge is 2.04. The number of rotatable bonds is 1. The maximum Gasteiger partial charge on any atom is 0.142 e. The first-order valence-corrected chi connectivity index (χ1v) is 4.51. The molecule has 0 fully saturated rings. The maximum atomic E-state index is 13.0. The third kappa shape index (κ3) is 1.93. The van der Waals surface area contributed by atoms with Gasteiger partial charge in [0.2, 0.25) is 0 Å². The number of hydrogen-bond donors (Lipinski definition) is 1. The Morgan fingerprint density at radius 2 is 2.07 bits per heavy atom. The van der Waals surface area contributed by atoms with Crippen molar-refractivity contribution in [2.24, 2.45) is 0 Å². The Morgan fingerprint density at radius 3 is 2.73 bits per heavy atom. The summed E-state index contributed by atoms with van der Waals surface area (Å²) in [6.07, 6.45) is 2.77. The molecule has 2 aromatic rings. The van der Waals surface area contributed by atoms with E-state index in [0.717, 1.165) is 11.3 Å². The number of nitrogen functional groups attached to an aromatic ring is 1. The van der Waals surface area contributed by atoms with Gasteiger partial charge in [-0.2, -0.15) is 0 Å². The summed E-state index contributed by atoms with van der Waals surface area (Å²) in [4.78, 5) is 7.90. The highest BCUT2D eigenvalue weighted by molar-refractivity contribution is 5.65. The standard InChI is InChI=1S/C11H10FN3/c1-7-10(2-3-11(13)15-7)8-4-9(12)6-14-5-8/h2-6H,1H3,(H2,13,15). The summed E-state index contributed by atoms with van der Waals surface area (Å²) in [5, 5.41) is 0. The number of anilines is 1. The van der Waals surface area contributed by atoms with Gasteiger partial charge in [-0.3, -0.25) is 4.98 Å². The lowest BCUT2D eigenvalue weighted by molar-refractivity contribution is 0.622. The van der Waals surface area contributed by atoms with Gasteiger partial charge in [-0.25, -0.2) is 9.37 Å². The normalized spacial score (nSPS) is 10.3. The van der Waals surface area contributed by atoms with Gasteiger partial charge in [-0.1, -0.05) is 0 Å². The van der Waals surface area contributed by atoms with E-state index in [2.05, 4.69) is 9.97 Å². The molecule has 0 aliphatic heterocycles. The summed E-state index contributed by atoms with van der Waals surface area (Å²) in [7, 11) is 0. The first kappa shape index (κ1) is 9.58. The quantitative estimate of drug-likeness (QED) is 0.772. The lowest BCUT2D eigenvalue weighted by Crippen LogP contribution is -1.94. The summed E-state index contributed by atoms with van der Waals surface area (Å²) < 4.78 is 13.0. The van der Waals surface area contributed by atoms with Crippen LogP contribution in [-0.2, 0) is 0 Å². The van der Waals surface area contributed by atoms with Gasteiger partial charge in [-0.15, -0.1) is 0 Å². The molecule has 0 saturated heterocycles. The summed E-state index contributed by atoms with van der Waals surface area (Å²) >= 11 is 0. The molecular weight excluding hydrogens is 193 g/mol. The van der Waals surface area contributed by atoms with Crippen LogP contribution in [0.1, 0.15) is 5.69 Å². The molecule has 3 nitrogen and oxygen atoms in total. The molecular formula is C11H10FN3. The van der Waals surface area contributed by atoms with Crippen LogP contribution in [0.15, 0.2) is 30.6 Å².